The van der Waals surface area contributed by atoms with Crippen molar-refractivity contribution >= 4 is 34.7 Å². The lowest BCUT2D eigenvalue weighted by atomic mass is 10.0. The van der Waals surface area contributed by atoms with Crippen molar-refractivity contribution in [1.29, 1.82) is 0 Å². The van der Waals surface area contributed by atoms with E-state index in [1.54, 1.807) is 42.6 Å². The van der Waals surface area contributed by atoms with E-state index in [1.807, 2.05) is 38.1 Å². The summed E-state index contributed by atoms with van der Waals surface area (Å²) < 4.78 is 0. The molecule has 0 atom stereocenters. The molecule has 0 unspecified atom stereocenters. The van der Waals surface area contributed by atoms with Gasteiger partial charge in [0.2, 0.25) is 5.91 Å². The third-order valence-electron chi connectivity index (χ3n) is 5.48. The molecule has 2 aromatic carbocycles. The quantitative estimate of drug-likeness (QED) is 0.565. The van der Waals surface area contributed by atoms with Crippen molar-refractivity contribution in [1.82, 2.24) is 9.88 Å². The van der Waals surface area contributed by atoms with Gasteiger partial charge in [0.05, 0.1) is 17.8 Å². The topological polar surface area (TPSA) is 91.4 Å². The number of nitrogens with one attached hydrogen (secondary N) is 2. The van der Waals surface area contributed by atoms with E-state index >= 15 is 0 Å². The SMILES string of the molecule is CC(=O)Nc1ccc(C2=C(Nc3ccc(C)c(C)c3)C(=O)N(Cc3ccccn3)C2=O)cc1. The summed E-state index contributed by atoms with van der Waals surface area (Å²) >= 11 is 0. The summed E-state index contributed by atoms with van der Waals surface area (Å²) in [6.07, 6.45) is 1.63. The van der Waals surface area contributed by atoms with Crippen LogP contribution in [0.4, 0.5) is 11.4 Å². The second-order valence-corrected chi connectivity index (χ2v) is 7.95. The third kappa shape index (κ3) is 4.67. The maximum atomic E-state index is 13.4. The highest BCUT2D eigenvalue weighted by Gasteiger charge is 2.39. The fourth-order valence-electron chi connectivity index (χ4n) is 3.64. The number of aryl methyl sites for hydroxylation is 2. The minimum atomic E-state index is -0.412. The minimum Gasteiger partial charge on any atom is -0.350 e. The van der Waals surface area contributed by atoms with E-state index < -0.39 is 11.8 Å². The molecule has 1 aliphatic rings. The van der Waals surface area contributed by atoms with Crippen molar-refractivity contribution in [2.24, 2.45) is 0 Å². The molecule has 3 aromatic rings. The summed E-state index contributed by atoms with van der Waals surface area (Å²) in [7, 11) is 0. The molecule has 0 aliphatic carbocycles. The number of aromatic nitrogens is 1. The van der Waals surface area contributed by atoms with Gasteiger partial charge in [-0.05, 0) is 66.9 Å². The summed E-state index contributed by atoms with van der Waals surface area (Å²) in [5.74, 6) is -0.998. The van der Waals surface area contributed by atoms with Gasteiger partial charge in [-0.1, -0.05) is 24.3 Å². The van der Waals surface area contributed by atoms with E-state index in [2.05, 4.69) is 15.6 Å². The molecule has 2 N–H and O–H groups in total. The van der Waals surface area contributed by atoms with Crippen LogP contribution in [-0.2, 0) is 20.9 Å². The molecule has 0 saturated carbocycles. The van der Waals surface area contributed by atoms with Crippen LogP contribution in [0.25, 0.3) is 5.57 Å². The molecular formula is C26H24N4O3. The van der Waals surface area contributed by atoms with Gasteiger partial charge < -0.3 is 10.6 Å². The summed E-state index contributed by atoms with van der Waals surface area (Å²) in [5, 5.41) is 5.88. The van der Waals surface area contributed by atoms with Gasteiger partial charge in [0.1, 0.15) is 5.70 Å². The molecule has 33 heavy (non-hydrogen) atoms. The first-order chi connectivity index (χ1) is 15.8. The molecule has 1 aliphatic heterocycles. The van der Waals surface area contributed by atoms with Crippen molar-refractivity contribution in [2.75, 3.05) is 10.6 Å². The minimum absolute atomic E-state index is 0.0735. The number of hydrogen-bond acceptors (Lipinski definition) is 5. The Bertz CT molecular complexity index is 1260. The summed E-state index contributed by atoms with van der Waals surface area (Å²) in [4.78, 5) is 43.6. The standard InChI is InChI=1S/C26H24N4O3/c1-16-7-10-21(14-17(16)2)29-24-23(19-8-11-20(12-9-19)28-18(3)31)25(32)30(26(24)33)15-22-6-4-5-13-27-22/h4-14,29H,15H2,1-3H3,(H,28,31). The number of hydrogen-bond donors (Lipinski definition) is 2. The molecule has 0 radical (unpaired) electrons. The van der Waals surface area contributed by atoms with Crippen LogP contribution in [0.2, 0.25) is 0 Å². The fraction of sp³-hybridized carbons (Fsp3) is 0.154. The maximum Gasteiger partial charge on any atom is 0.278 e. The average molecular weight is 441 g/mol. The van der Waals surface area contributed by atoms with E-state index in [-0.39, 0.29) is 23.7 Å². The Morgan fingerprint density at radius 2 is 1.64 bits per heavy atom. The maximum absolute atomic E-state index is 13.4. The number of pyridine rings is 1. The number of anilines is 2. The van der Waals surface area contributed by atoms with Crippen LogP contribution in [0.1, 0.15) is 29.3 Å². The van der Waals surface area contributed by atoms with E-state index in [0.717, 1.165) is 16.8 Å². The van der Waals surface area contributed by atoms with Crippen LogP contribution in [0.5, 0.6) is 0 Å². The fourth-order valence-corrected chi connectivity index (χ4v) is 3.64. The lowest BCUT2D eigenvalue weighted by Crippen LogP contribution is -2.32. The van der Waals surface area contributed by atoms with Crippen LogP contribution in [0.3, 0.4) is 0 Å². The number of benzene rings is 2. The Hall–Kier alpha value is -4.26. The molecule has 0 saturated heterocycles. The monoisotopic (exact) mass is 440 g/mol. The van der Waals surface area contributed by atoms with Crippen molar-refractivity contribution in [3.05, 3.63) is 94.9 Å². The van der Waals surface area contributed by atoms with Crippen LogP contribution in [-0.4, -0.2) is 27.6 Å². The Balaban J connectivity index is 1.73. The molecule has 0 bridgehead atoms. The molecule has 4 rings (SSSR count). The molecule has 7 nitrogen and oxygen atoms in total. The molecule has 0 fully saturated rings. The van der Waals surface area contributed by atoms with Crippen LogP contribution >= 0.6 is 0 Å². The first-order valence-corrected chi connectivity index (χ1v) is 10.6. The van der Waals surface area contributed by atoms with Crippen LogP contribution in [0, 0.1) is 13.8 Å². The summed E-state index contributed by atoms with van der Waals surface area (Å²) in [5.41, 5.74) is 5.23. The van der Waals surface area contributed by atoms with Crippen molar-refractivity contribution in [3.63, 3.8) is 0 Å². The van der Waals surface area contributed by atoms with Crippen molar-refractivity contribution in [2.45, 2.75) is 27.3 Å². The predicted molar refractivity (Wildman–Crippen MR) is 127 cm³/mol. The highest BCUT2D eigenvalue weighted by Crippen LogP contribution is 2.32. The third-order valence-corrected chi connectivity index (χ3v) is 5.48. The van der Waals surface area contributed by atoms with Crippen LogP contribution in [0.15, 0.2) is 72.6 Å². The van der Waals surface area contributed by atoms with Crippen molar-refractivity contribution in [3.8, 4) is 0 Å². The van der Waals surface area contributed by atoms with Gasteiger partial charge in [-0.3, -0.25) is 24.3 Å². The largest absolute Gasteiger partial charge is 0.350 e. The highest BCUT2D eigenvalue weighted by molar-refractivity contribution is 6.36. The second-order valence-electron chi connectivity index (χ2n) is 7.95. The van der Waals surface area contributed by atoms with Gasteiger partial charge in [0.25, 0.3) is 11.8 Å². The zero-order chi connectivity index (χ0) is 23.5. The second kappa shape index (κ2) is 9.08. The highest BCUT2D eigenvalue weighted by atomic mass is 16.2. The van der Waals surface area contributed by atoms with Gasteiger partial charge in [0.15, 0.2) is 0 Å². The first-order valence-electron chi connectivity index (χ1n) is 10.6. The Kier molecular flexibility index (Phi) is 6.04. The molecule has 7 heteroatoms. The zero-order valence-electron chi connectivity index (χ0n) is 18.7. The molecule has 2 heterocycles. The Labute approximate surface area is 192 Å². The molecular weight excluding hydrogens is 416 g/mol. The molecule has 1 aromatic heterocycles. The zero-order valence-corrected chi connectivity index (χ0v) is 18.7. The van der Waals surface area contributed by atoms with Crippen LogP contribution < -0.4 is 10.6 Å². The van der Waals surface area contributed by atoms with Gasteiger partial charge in [-0.15, -0.1) is 0 Å². The van der Waals surface area contributed by atoms with E-state index in [4.69, 9.17) is 0 Å². The first kappa shape index (κ1) is 22.0. The van der Waals surface area contributed by atoms with Gasteiger partial charge in [-0.25, -0.2) is 0 Å². The molecule has 0 spiro atoms. The Morgan fingerprint density at radius 3 is 2.27 bits per heavy atom. The summed E-state index contributed by atoms with van der Waals surface area (Å²) in [6, 6.07) is 18.0. The normalized spacial score (nSPS) is 13.5. The van der Waals surface area contributed by atoms with E-state index in [9.17, 15) is 14.4 Å². The summed E-state index contributed by atoms with van der Waals surface area (Å²) in [6.45, 7) is 5.51. The van der Waals surface area contributed by atoms with E-state index in [0.29, 0.717) is 16.9 Å². The number of rotatable bonds is 6. The average Bonchev–Trinajstić information content (AvgIpc) is 3.01. The lowest BCUT2D eigenvalue weighted by Gasteiger charge is -2.15. The predicted octanol–water partition coefficient (Wildman–Crippen LogP) is 4.05. The number of imide groups is 1. The molecule has 3 amide bonds. The number of carbonyl (C=O) groups is 3. The van der Waals surface area contributed by atoms with Gasteiger partial charge in [-0.2, -0.15) is 0 Å². The van der Waals surface area contributed by atoms with E-state index in [1.165, 1.54) is 11.8 Å². The smallest absolute Gasteiger partial charge is 0.278 e. The molecule has 166 valence electrons. The lowest BCUT2D eigenvalue weighted by molar-refractivity contribution is -0.137. The number of carbonyl (C=O) groups excluding carboxylic acids is 3. The van der Waals surface area contributed by atoms with Gasteiger partial charge >= 0.3 is 0 Å². The number of nitrogens with zero attached hydrogens (tertiary/aromatic N) is 2. The van der Waals surface area contributed by atoms with Crippen molar-refractivity contribution < 1.29 is 14.4 Å². The Morgan fingerprint density at radius 1 is 0.909 bits per heavy atom. The van der Waals surface area contributed by atoms with Gasteiger partial charge in [0, 0.05) is 24.5 Å². The number of amides is 3.